The monoisotopic (exact) mass is 358 g/mol. The highest BCUT2D eigenvalue weighted by atomic mass is 16.7. The number of benzene rings is 1. The van der Waals surface area contributed by atoms with Crippen LogP contribution in [0.2, 0.25) is 0 Å². The third-order valence-electron chi connectivity index (χ3n) is 3.97. The van der Waals surface area contributed by atoms with Crippen LogP contribution < -0.4 is 9.47 Å². The SMILES string of the molecule is COc1ccc(CCC(=O)O)c(O[C@@H]2O[C@H](CO)[C@H](O)[C@@H](O)[C@H]2O)c1. The largest absolute Gasteiger partial charge is 0.497 e. The number of aliphatic carboxylic acids is 1. The van der Waals surface area contributed by atoms with E-state index >= 15 is 0 Å². The van der Waals surface area contributed by atoms with E-state index in [1.165, 1.54) is 13.2 Å². The number of aliphatic hydroxyl groups is 4. The highest BCUT2D eigenvalue weighted by molar-refractivity contribution is 5.67. The summed E-state index contributed by atoms with van der Waals surface area (Å²) in [5, 5.41) is 47.7. The van der Waals surface area contributed by atoms with Gasteiger partial charge in [-0.2, -0.15) is 0 Å². The first-order chi connectivity index (χ1) is 11.9. The van der Waals surface area contributed by atoms with Crippen LogP contribution in [0.4, 0.5) is 0 Å². The Hall–Kier alpha value is -1.91. The molecule has 1 aliphatic rings. The van der Waals surface area contributed by atoms with Gasteiger partial charge < -0.3 is 39.7 Å². The number of aliphatic hydroxyl groups excluding tert-OH is 4. The molecule has 0 saturated carbocycles. The van der Waals surface area contributed by atoms with Crippen molar-refractivity contribution in [2.75, 3.05) is 13.7 Å². The number of carboxylic acids is 1. The van der Waals surface area contributed by atoms with Gasteiger partial charge in [0.1, 0.15) is 35.9 Å². The average Bonchev–Trinajstić information content (AvgIpc) is 2.60. The van der Waals surface area contributed by atoms with Crippen LogP contribution in [0.25, 0.3) is 0 Å². The normalized spacial score (nSPS) is 29.2. The standard InChI is InChI=1S/C16H22O9/c1-23-9-4-2-8(3-5-12(18)19)10(6-9)24-16-15(22)14(21)13(20)11(7-17)25-16/h2,4,6,11,13-17,20-22H,3,5,7H2,1H3,(H,18,19)/t11-,13+,14-,15-,16-/m1/s1. The Morgan fingerprint density at radius 1 is 1.20 bits per heavy atom. The lowest BCUT2D eigenvalue weighted by Crippen LogP contribution is -2.60. The van der Waals surface area contributed by atoms with Gasteiger partial charge in [-0.05, 0) is 18.1 Å². The van der Waals surface area contributed by atoms with Gasteiger partial charge in [-0.15, -0.1) is 0 Å². The molecule has 0 unspecified atom stereocenters. The Morgan fingerprint density at radius 2 is 1.92 bits per heavy atom. The molecule has 1 fully saturated rings. The van der Waals surface area contributed by atoms with Crippen molar-refractivity contribution >= 4 is 5.97 Å². The molecule has 1 aromatic carbocycles. The first-order valence-corrected chi connectivity index (χ1v) is 7.73. The molecule has 0 aliphatic carbocycles. The molecule has 9 nitrogen and oxygen atoms in total. The highest BCUT2D eigenvalue weighted by Crippen LogP contribution is 2.30. The molecule has 0 amide bonds. The molecule has 9 heteroatoms. The summed E-state index contributed by atoms with van der Waals surface area (Å²) in [4.78, 5) is 10.8. The molecule has 0 aromatic heterocycles. The van der Waals surface area contributed by atoms with E-state index in [1.54, 1.807) is 12.1 Å². The quantitative estimate of drug-likeness (QED) is 0.409. The van der Waals surface area contributed by atoms with E-state index in [0.717, 1.165) is 0 Å². The predicted molar refractivity (Wildman–Crippen MR) is 83.3 cm³/mol. The lowest BCUT2D eigenvalue weighted by atomic mass is 9.99. The molecule has 5 atom stereocenters. The molecule has 1 aliphatic heterocycles. The van der Waals surface area contributed by atoms with E-state index in [9.17, 15) is 25.2 Å². The van der Waals surface area contributed by atoms with Crippen molar-refractivity contribution in [2.24, 2.45) is 0 Å². The second-order valence-corrected chi connectivity index (χ2v) is 5.68. The fourth-order valence-corrected chi connectivity index (χ4v) is 2.51. The number of rotatable bonds is 7. The summed E-state index contributed by atoms with van der Waals surface area (Å²) in [6.07, 6.45) is -7.02. The van der Waals surface area contributed by atoms with E-state index in [0.29, 0.717) is 11.3 Å². The lowest BCUT2D eigenvalue weighted by Gasteiger charge is -2.39. The molecule has 1 heterocycles. The summed E-state index contributed by atoms with van der Waals surface area (Å²) in [5.41, 5.74) is 0.542. The van der Waals surface area contributed by atoms with Gasteiger partial charge in [0.15, 0.2) is 0 Å². The van der Waals surface area contributed by atoms with Crippen LogP contribution in [0.5, 0.6) is 11.5 Å². The van der Waals surface area contributed by atoms with Gasteiger partial charge in [0.05, 0.1) is 13.7 Å². The molecule has 0 bridgehead atoms. The lowest BCUT2D eigenvalue weighted by molar-refractivity contribution is -0.277. The summed E-state index contributed by atoms with van der Waals surface area (Å²) in [5.74, 6) is -0.321. The van der Waals surface area contributed by atoms with Gasteiger partial charge in [0.25, 0.3) is 0 Å². The second kappa shape index (κ2) is 8.45. The summed E-state index contributed by atoms with van der Waals surface area (Å²) in [6.45, 7) is -0.575. The molecule has 140 valence electrons. The first kappa shape index (κ1) is 19.4. The predicted octanol–water partition coefficient (Wildman–Crippen LogP) is -1.11. The van der Waals surface area contributed by atoms with Gasteiger partial charge in [0.2, 0.25) is 6.29 Å². The van der Waals surface area contributed by atoms with Crippen LogP contribution >= 0.6 is 0 Å². The van der Waals surface area contributed by atoms with Crippen molar-refractivity contribution in [3.05, 3.63) is 23.8 Å². The number of methoxy groups -OCH3 is 1. The van der Waals surface area contributed by atoms with E-state index in [4.69, 9.17) is 19.3 Å². The maximum Gasteiger partial charge on any atom is 0.303 e. The summed E-state index contributed by atoms with van der Waals surface area (Å²) in [6, 6.07) is 4.76. The Kier molecular flexibility index (Phi) is 6.57. The minimum Gasteiger partial charge on any atom is -0.497 e. The van der Waals surface area contributed by atoms with Crippen LogP contribution in [0.3, 0.4) is 0 Å². The Bertz CT molecular complexity index is 589. The molecular weight excluding hydrogens is 336 g/mol. The fraction of sp³-hybridized carbons (Fsp3) is 0.562. The van der Waals surface area contributed by atoms with E-state index in [-0.39, 0.29) is 18.6 Å². The third-order valence-corrected chi connectivity index (χ3v) is 3.97. The summed E-state index contributed by atoms with van der Waals surface area (Å²) < 4.78 is 16.0. The maximum atomic E-state index is 10.8. The van der Waals surface area contributed by atoms with Crippen LogP contribution in [-0.2, 0) is 16.0 Å². The minimum atomic E-state index is -1.57. The van der Waals surface area contributed by atoms with E-state index in [1.807, 2.05) is 0 Å². The summed E-state index contributed by atoms with van der Waals surface area (Å²) >= 11 is 0. The zero-order valence-electron chi connectivity index (χ0n) is 13.6. The van der Waals surface area contributed by atoms with Crippen molar-refractivity contribution in [3.8, 4) is 11.5 Å². The molecule has 5 N–H and O–H groups in total. The number of aryl methyl sites for hydroxylation is 1. The van der Waals surface area contributed by atoms with Crippen molar-refractivity contribution in [1.82, 2.24) is 0 Å². The van der Waals surface area contributed by atoms with Crippen molar-refractivity contribution in [1.29, 1.82) is 0 Å². The van der Waals surface area contributed by atoms with Crippen LogP contribution in [0.1, 0.15) is 12.0 Å². The van der Waals surface area contributed by atoms with Gasteiger partial charge in [-0.1, -0.05) is 6.07 Å². The maximum absolute atomic E-state index is 10.8. The van der Waals surface area contributed by atoms with Gasteiger partial charge in [0, 0.05) is 12.5 Å². The Labute approximate surface area is 144 Å². The second-order valence-electron chi connectivity index (χ2n) is 5.68. The Balaban J connectivity index is 2.22. The zero-order chi connectivity index (χ0) is 18.6. The molecule has 2 rings (SSSR count). The smallest absolute Gasteiger partial charge is 0.303 e. The van der Waals surface area contributed by atoms with E-state index < -0.39 is 43.3 Å². The molecular formula is C16H22O9. The van der Waals surface area contributed by atoms with E-state index in [2.05, 4.69) is 0 Å². The van der Waals surface area contributed by atoms with Gasteiger partial charge >= 0.3 is 5.97 Å². The molecule has 0 spiro atoms. The van der Waals surface area contributed by atoms with Crippen molar-refractivity contribution in [3.63, 3.8) is 0 Å². The van der Waals surface area contributed by atoms with Gasteiger partial charge in [-0.25, -0.2) is 0 Å². The first-order valence-electron chi connectivity index (χ1n) is 7.73. The molecule has 0 radical (unpaired) electrons. The number of ether oxygens (including phenoxy) is 3. The van der Waals surface area contributed by atoms with Crippen LogP contribution in [0.15, 0.2) is 18.2 Å². The van der Waals surface area contributed by atoms with Crippen molar-refractivity contribution < 1.29 is 44.5 Å². The minimum absolute atomic E-state index is 0.128. The Morgan fingerprint density at radius 3 is 2.52 bits per heavy atom. The average molecular weight is 358 g/mol. The highest BCUT2D eigenvalue weighted by Gasteiger charge is 2.44. The number of carbonyl (C=O) groups is 1. The van der Waals surface area contributed by atoms with Crippen LogP contribution in [0, 0.1) is 0 Å². The third kappa shape index (κ3) is 4.59. The van der Waals surface area contributed by atoms with Gasteiger partial charge in [-0.3, -0.25) is 4.79 Å². The number of hydrogen-bond acceptors (Lipinski definition) is 8. The van der Waals surface area contributed by atoms with Crippen molar-refractivity contribution in [2.45, 2.75) is 43.5 Å². The van der Waals surface area contributed by atoms with Crippen LogP contribution in [-0.4, -0.2) is 75.9 Å². The fourth-order valence-electron chi connectivity index (χ4n) is 2.51. The molecule has 1 saturated heterocycles. The molecule has 25 heavy (non-hydrogen) atoms. The number of carboxylic acid groups (broad SMARTS) is 1. The zero-order valence-corrected chi connectivity index (χ0v) is 13.6. The number of hydrogen-bond donors (Lipinski definition) is 5. The molecule has 1 aromatic rings. The topological polar surface area (TPSA) is 146 Å². The summed E-state index contributed by atoms with van der Waals surface area (Å²) in [7, 11) is 1.45.